The first-order valence-electron chi connectivity index (χ1n) is 7.50. The Morgan fingerprint density at radius 2 is 1.82 bits per heavy atom. The Bertz CT molecular complexity index is 774. The van der Waals surface area contributed by atoms with E-state index in [2.05, 4.69) is 51.3 Å². The van der Waals surface area contributed by atoms with Gasteiger partial charge >= 0.3 is 0 Å². The molecule has 0 atom stereocenters. The third-order valence-corrected chi connectivity index (χ3v) is 5.22. The zero-order valence-corrected chi connectivity index (χ0v) is 13.0. The molecular weight excluding hydrogens is 290 g/mol. The van der Waals surface area contributed by atoms with Crippen LogP contribution in [0.3, 0.4) is 0 Å². The average molecular weight is 307 g/mol. The number of thiophene rings is 1. The van der Waals surface area contributed by atoms with Crippen LogP contribution in [0.1, 0.15) is 24.8 Å². The van der Waals surface area contributed by atoms with Crippen molar-refractivity contribution in [2.24, 2.45) is 5.73 Å². The number of rotatable bonds is 3. The van der Waals surface area contributed by atoms with Crippen molar-refractivity contribution in [3.05, 3.63) is 58.9 Å². The highest BCUT2D eigenvalue weighted by Gasteiger charge is 2.34. The highest BCUT2D eigenvalue weighted by atomic mass is 32.1. The SMILES string of the molecule is NC1(c2ccc(-c3nnccc3-c3ccsc3)cc2)CCC1. The molecule has 110 valence electrons. The molecule has 2 N–H and O–H groups in total. The van der Waals surface area contributed by atoms with Gasteiger partial charge in [0.25, 0.3) is 0 Å². The Kier molecular flexibility index (Phi) is 3.28. The summed E-state index contributed by atoms with van der Waals surface area (Å²) in [6.07, 6.45) is 5.13. The van der Waals surface area contributed by atoms with E-state index in [1.54, 1.807) is 17.5 Å². The molecular formula is C18H17N3S. The lowest BCUT2D eigenvalue weighted by atomic mass is 9.72. The summed E-state index contributed by atoms with van der Waals surface area (Å²) >= 11 is 1.69. The van der Waals surface area contributed by atoms with Crippen molar-refractivity contribution in [1.82, 2.24) is 10.2 Å². The van der Waals surface area contributed by atoms with Gasteiger partial charge in [-0.15, -0.1) is 5.10 Å². The molecule has 0 amide bonds. The van der Waals surface area contributed by atoms with E-state index in [-0.39, 0.29) is 5.54 Å². The third kappa shape index (κ3) is 2.25. The summed E-state index contributed by atoms with van der Waals surface area (Å²) in [4.78, 5) is 0. The Morgan fingerprint density at radius 1 is 1.00 bits per heavy atom. The lowest BCUT2D eigenvalue weighted by Crippen LogP contribution is -2.43. The molecule has 3 aromatic rings. The first kappa shape index (κ1) is 13.6. The lowest BCUT2D eigenvalue weighted by molar-refractivity contribution is 0.253. The predicted octanol–water partition coefficient (Wildman–Crippen LogP) is 4.21. The fourth-order valence-electron chi connectivity index (χ4n) is 3.00. The molecule has 1 fully saturated rings. The number of benzene rings is 1. The van der Waals surface area contributed by atoms with Crippen LogP contribution in [0.15, 0.2) is 53.4 Å². The highest BCUT2D eigenvalue weighted by Crippen LogP contribution is 2.39. The van der Waals surface area contributed by atoms with Gasteiger partial charge in [-0.25, -0.2) is 0 Å². The summed E-state index contributed by atoms with van der Waals surface area (Å²) in [6.45, 7) is 0. The monoisotopic (exact) mass is 307 g/mol. The van der Waals surface area contributed by atoms with Gasteiger partial charge in [0.2, 0.25) is 0 Å². The van der Waals surface area contributed by atoms with E-state index < -0.39 is 0 Å². The Labute approximate surface area is 133 Å². The number of nitrogens with zero attached hydrogens (tertiary/aromatic N) is 2. The molecule has 1 aliphatic carbocycles. The topological polar surface area (TPSA) is 51.8 Å². The molecule has 2 aromatic heterocycles. The van der Waals surface area contributed by atoms with Gasteiger partial charge in [-0.3, -0.25) is 0 Å². The molecule has 0 bridgehead atoms. The van der Waals surface area contributed by atoms with E-state index >= 15 is 0 Å². The van der Waals surface area contributed by atoms with Crippen LogP contribution in [0.25, 0.3) is 22.4 Å². The van der Waals surface area contributed by atoms with E-state index in [0.29, 0.717) is 0 Å². The molecule has 22 heavy (non-hydrogen) atoms. The maximum Gasteiger partial charge on any atom is 0.101 e. The zero-order valence-electron chi connectivity index (χ0n) is 12.2. The van der Waals surface area contributed by atoms with Crippen molar-refractivity contribution in [3.63, 3.8) is 0 Å². The van der Waals surface area contributed by atoms with Crippen LogP contribution in [-0.4, -0.2) is 10.2 Å². The Balaban J connectivity index is 1.74. The van der Waals surface area contributed by atoms with Gasteiger partial charge in [-0.05, 0) is 53.3 Å². The predicted molar refractivity (Wildman–Crippen MR) is 90.5 cm³/mol. The van der Waals surface area contributed by atoms with Crippen LogP contribution >= 0.6 is 11.3 Å². The maximum atomic E-state index is 6.39. The van der Waals surface area contributed by atoms with E-state index in [0.717, 1.165) is 29.7 Å². The molecule has 0 saturated heterocycles. The maximum absolute atomic E-state index is 6.39. The van der Waals surface area contributed by atoms with Gasteiger partial charge in [0.15, 0.2) is 0 Å². The molecule has 0 aliphatic heterocycles. The molecule has 1 aromatic carbocycles. The number of nitrogens with two attached hydrogens (primary N) is 1. The summed E-state index contributed by atoms with van der Waals surface area (Å²) in [5.41, 5.74) is 11.8. The summed E-state index contributed by atoms with van der Waals surface area (Å²) in [6, 6.07) is 12.6. The summed E-state index contributed by atoms with van der Waals surface area (Å²) in [7, 11) is 0. The number of hydrogen-bond acceptors (Lipinski definition) is 4. The minimum absolute atomic E-state index is 0.114. The van der Waals surface area contributed by atoms with Crippen molar-refractivity contribution in [3.8, 4) is 22.4 Å². The van der Waals surface area contributed by atoms with Crippen LogP contribution in [0.5, 0.6) is 0 Å². The Morgan fingerprint density at radius 3 is 2.45 bits per heavy atom. The van der Waals surface area contributed by atoms with Crippen LogP contribution in [0.2, 0.25) is 0 Å². The van der Waals surface area contributed by atoms with Gasteiger partial charge in [0.05, 0.1) is 6.20 Å². The molecule has 1 aliphatic rings. The van der Waals surface area contributed by atoms with E-state index in [9.17, 15) is 0 Å². The minimum atomic E-state index is -0.114. The number of hydrogen-bond donors (Lipinski definition) is 1. The second kappa shape index (κ2) is 5.30. The Hall–Kier alpha value is -2.04. The van der Waals surface area contributed by atoms with Gasteiger partial charge in [0.1, 0.15) is 5.69 Å². The first-order valence-corrected chi connectivity index (χ1v) is 8.45. The standard InChI is InChI=1S/C18H17N3S/c19-18(8-1-9-18)15-4-2-13(3-5-15)17-16(6-10-20-21-17)14-7-11-22-12-14/h2-7,10-12H,1,8-9,19H2. The molecule has 3 nitrogen and oxygen atoms in total. The average Bonchev–Trinajstić information content (AvgIpc) is 3.07. The highest BCUT2D eigenvalue weighted by molar-refractivity contribution is 7.08. The number of aromatic nitrogens is 2. The first-order chi connectivity index (χ1) is 10.8. The van der Waals surface area contributed by atoms with Crippen molar-refractivity contribution in [2.45, 2.75) is 24.8 Å². The van der Waals surface area contributed by atoms with Crippen LogP contribution in [-0.2, 0) is 5.54 Å². The van der Waals surface area contributed by atoms with Gasteiger partial charge in [0, 0.05) is 16.7 Å². The molecule has 0 spiro atoms. The second-order valence-corrected chi connectivity index (χ2v) is 6.67. The van der Waals surface area contributed by atoms with Crippen LogP contribution < -0.4 is 5.73 Å². The molecule has 2 heterocycles. The normalized spacial score (nSPS) is 16.2. The second-order valence-electron chi connectivity index (χ2n) is 5.89. The van der Waals surface area contributed by atoms with Gasteiger partial charge in [-0.2, -0.15) is 16.4 Å². The van der Waals surface area contributed by atoms with Crippen molar-refractivity contribution in [1.29, 1.82) is 0 Å². The molecule has 0 unspecified atom stereocenters. The molecule has 0 radical (unpaired) electrons. The van der Waals surface area contributed by atoms with Crippen LogP contribution in [0.4, 0.5) is 0 Å². The summed E-state index contributed by atoms with van der Waals surface area (Å²) < 4.78 is 0. The molecule has 4 rings (SSSR count). The zero-order chi connectivity index (χ0) is 15.0. The van der Waals surface area contributed by atoms with Crippen molar-refractivity contribution in [2.75, 3.05) is 0 Å². The third-order valence-electron chi connectivity index (χ3n) is 4.53. The summed E-state index contributed by atoms with van der Waals surface area (Å²) in [5.74, 6) is 0. The lowest BCUT2D eigenvalue weighted by Gasteiger charge is -2.38. The van der Waals surface area contributed by atoms with E-state index in [1.165, 1.54) is 17.5 Å². The van der Waals surface area contributed by atoms with E-state index in [1.807, 2.05) is 6.07 Å². The fraction of sp³-hybridized carbons (Fsp3) is 0.222. The quantitative estimate of drug-likeness (QED) is 0.788. The molecule has 4 heteroatoms. The smallest absolute Gasteiger partial charge is 0.101 e. The summed E-state index contributed by atoms with van der Waals surface area (Å²) in [5, 5.41) is 12.6. The van der Waals surface area contributed by atoms with Crippen LogP contribution in [0, 0.1) is 0 Å². The van der Waals surface area contributed by atoms with E-state index in [4.69, 9.17) is 5.73 Å². The van der Waals surface area contributed by atoms with Gasteiger partial charge in [-0.1, -0.05) is 24.3 Å². The largest absolute Gasteiger partial charge is 0.321 e. The van der Waals surface area contributed by atoms with Gasteiger partial charge < -0.3 is 5.73 Å². The van der Waals surface area contributed by atoms with Crippen molar-refractivity contribution >= 4 is 11.3 Å². The van der Waals surface area contributed by atoms with Crippen molar-refractivity contribution < 1.29 is 0 Å². The molecule has 1 saturated carbocycles. The minimum Gasteiger partial charge on any atom is -0.321 e. The fourth-order valence-corrected chi connectivity index (χ4v) is 3.66.